The number of fused-ring (bicyclic) bond motifs is 1. The van der Waals surface area contributed by atoms with E-state index in [1.807, 2.05) is 0 Å². The lowest BCUT2D eigenvalue weighted by Crippen LogP contribution is -2.26. The molecule has 0 unspecified atom stereocenters. The topological polar surface area (TPSA) is 44.5 Å². The summed E-state index contributed by atoms with van der Waals surface area (Å²) in [5, 5.41) is 0. The van der Waals surface area contributed by atoms with Gasteiger partial charge >= 0.3 is 6.29 Å². The molecule has 0 radical (unpaired) electrons. The van der Waals surface area contributed by atoms with Crippen molar-refractivity contribution in [3.05, 3.63) is 17.7 Å². The van der Waals surface area contributed by atoms with Gasteiger partial charge in [0.2, 0.25) is 0 Å². The first-order valence-electron chi connectivity index (χ1n) is 3.64. The van der Waals surface area contributed by atoms with Crippen LogP contribution in [0.3, 0.4) is 0 Å². The molecule has 70 valence electrons. The van der Waals surface area contributed by atoms with Crippen LogP contribution in [0.5, 0.6) is 11.5 Å². The van der Waals surface area contributed by atoms with Crippen molar-refractivity contribution in [3.8, 4) is 11.5 Å². The Balaban J connectivity index is 2.53. The van der Waals surface area contributed by atoms with E-state index in [9.17, 15) is 8.78 Å². The minimum Gasteiger partial charge on any atom is -0.395 e. The van der Waals surface area contributed by atoms with E-state index in [1.165, 1.54) is 6.07 Å². The number of hydrogen-bond donors (Lipinski definition) is 1. The Labute approximate surface area is 73.1 Å². The summed E-state index contributed by atoms with van der Waals surface area (Å²) in [5.74, 6) is -0.0990. The molecular formula is C8H7F2NO2. The third-order valence-electron chi connectivity index (χ3n) is 1.83. The molecule has 0 atom stereocenters. The van der Waals surface area contributed by atoms with Crippen LogP contribution in [-0.2, 0) is 0 Å². The molecule has 0 bridgehead atoms. The van der Waals surface area contributed by atoms with Gasteiger partial charge in [0, 0.05) is 0 Å². The first kappa shape index (κ1) is 8.10. The molecule has 2 rings (SSSR count). The van der Waals surface area contributed by atoms with Crippen LogP contribution in [0.4, 0.5) is 14.5 Å². The van der Waals surface area contributed by atoms with E-state index >= 15 is 0 Å². The number of hydrogen-bond acceptors (Lipinski definition) is 3. The summed E-state index contributed by atoms with van der Waals surface area (Å²) in [7, 11) is 0. The Morgan fingerprint density at radius 3 is 2.69 bits per heavy atom. The third-order valence-corrected chi connectivity index (χ3v) is 1.83. The first-order chi connectivity index (χ1) is 5.99. The molecule has 1 aromatic carbocycles. The number of nitrogen functional groups attached to an aromatic ring is 1. The monoisotopic (exact) mass is 187 g/mol. The maximum Gasteiger partial charge on any atom is 0.586 e. The molecule has 0 aliphatic carbocycles. The molecule has 2 N–H and O–H groups in total. The Bertz CT molecular complexity index is 365. The normalized spacial score (nSPS) is 17.5. The fourth-order valence-corrected chi connectivity index (χ4v) is 1.13. The highest BCUT2D eigenvalue weighted by Gasteiger charge is 2.44. The Morgan fingerprint density at radius 1 is 1.31 bits per heavy atom. The van der Waals surface area contributed by atoms with Gasteiger partial charge in [0.25, 0.3) is 0 Å². The third kappa shape index (κ3) is 1.16. The zero-order chi connectivity index (χ0) is 9.64. The molecule has 0 saturated carbocycles. The van der Waals surface area contributed by atoms with Gasteiger partial charge in [-0.3, -0.25) is 0 Å². The first-order valence-corrected chi connectivity index (χ1v) is 3.64. The van der Waals surface area contributed by atoms with Crippen LogP contribution in [0.25, 0.3) is 0 Å². The van der Waals surface area contributed by atoms with Crippen LogP contribution < -0.4 is 15.2 Å². The lowest BCUT2D eigenvalue weighted by Gasteiger charge is -2.05. The van der Waals surface area contributed by atoms with Gasteiger partial charge in [0.05, 0.1) is 5.69 Å². The van der Waals surface area contributed by atoms with E-state index in [0.717, 1.165) is 0 Å². The number of halogens is 2. The standard InChI is InChI=1S/C8H7F2NO2/c1-4-2-3-5-7(6(4)11)13-8(9,10)12-5/h2-3H,11H2,1H3. The smallest absolute Gasteiger partial charge is 0.395 e. The van der Waals surface area contributed by atoms with E-state index < -0.39 is 6.29 Å². The van der Waals surface area contributed by atoms with E-state index in [0.29, 0.717) is 5.56 Å². The Kier molecular flexibility index (Phi) is 1.40. The largest absolute Gasteiger partial charge is 0.586 e. The van der Waals surface area contributed by atoms with E-state index in [-0.39, 0.29) is 17.2 Å². The summed E-state index contributed by atoms with van der Waals surface area (Å²) in [6, 6.07) is 3.00. The number of ether oxygens (including phenoxy) is 2. The predicted octanol–water partition coefficient (Wildman–Crippen LogP) is 1.90. The molecule has 1 heterocycles. The molecule has 3 nitrogen and oxygen atoms in total. The van der Waals surface area contributed by atoms with Crippen LogP contribution in [0.15, 0.2) is 12.1 Å². The van der Waals surface area contributed by atoms with Crippen molar-refractivity contribution in [2.75, 3.05) is 5.73 Å². The highest BCUT2D eigenvalue weighted by atomic mass is 19.3. The van der Waals surface area contributed by atoms with Gasteiger partial charge in [-0.25, -0.2) is 0 Å². The molecule has 0 fully saturated rings. The van der Waals surface area contributed by atoms with Gasteiger partial charge in [-0.05, 0) is 18.6 Å². The van der Waals surface area contributed by atoms with Crippen molar-refractivity contribution in [1.82, 2.24) is 0 Å². The zero-order valence-electron chi connectivity index (χ0n) is 6.80. The molecule has 0 aromatic heterocycles. The zero-order valence-corrected chi connectivity index (χ0v) is 6.80. The van der Waals surface area contributed by atoms with Crippen LogP contribution in [0.1, 0.15) is 5.56 Å². The average Bonchev–Trinajstić information content (AvgIpc) is 2.34. The molecular weight excluding hydrogens is 180 g/mol. The lowest BCUT2D eigenvalue weighted by atomic mass is 10.2. The van der Waals surface area contributed by atoms with Crippen molar-refractivity contribution < 1.29 is 18.3 Å². The molecule has 0 amide bonds. The maximum atomic E-state index is 12.5. The highest BCUT2D eigenvalue weighted by molar-refractivity contribution is 5.65. The van der Waals surface area contributed by atoms with Gasteiger partial charge in [-0.2, -0.15) is 0 Å². The summed E-state index contributed by atoms with van der Waals surface area (Å²) in [4.78, 5) is 0. The minimum absolute atomic E-state index is 0.0203. The van der Waals surface area contributed by atoms with Crippen LogP contribution >= 0.6 is 0 Å². The van der Waals surface area contributed by atoms with Gasteiger partial charge in [-0.15, -0.1) is 8.78 Å². The Hall–Kier alpha value is -1.52. The molecule has 0 saturated heterocycles. The number of alkyl halides is 2. The highest BCUT2D eigenvalue weighted by Crippen LogP contribution is 2.45. The van der Waals surface area contributed by atoms with Gasteiger partial charge in [-0.1, -0.05) is 6.07 Å². The van der Waals surface area contributed by atoms with Crippen LogP contribution in [-0.4, -0.2) is 6.29 Å². The van der Waals surface area contributed by atoms with Crippen molar-refractivity contribution in [1.29, 1.82) is 0 Å². The summed E-state index contributed by atoms with van der Waals surface area (Å²) < 4.78 is 33.5. The quantitative estimate of drug-likeness (QED) is 0.631. The fourth-order valence-electron chi connectivity index (χ4n) is 1.13. The number of benzene rings is 1. The second-order valence-corrected chi connectivity index (χ2v) is 2.79. The summed E-state index contributed by atoms with van der Waals surface area (Å²) in [6.45, 7) is 1.70. The number of anilines is 1. The van der Waals surface area contributed by atoms with Crippen molar-refractivity contribution in [2.24, 2.45) is 0 Å². The minimum atomic E-state index is -3.59. The summed E-state index contributed by atoms with van der Waals surface area (Å²) in [6.07, 6.45) is -3.59. The van der Waals surface area contributed by atoms with E-state index in [2.05, 4.69) is 9.47 Å². The van der Waals surface area contributed by atoms with Crippen molar-refractivity contribution in [2.45, 2.75) is 13.2 Å². The van der Waals surface area contributed by atoms with Crippen LogP contribution in [0, 0.1) is 6.92 Å². The molecule has 1 aromatic rings. The molecule has 0 spiro atoms. The molecule has 5 heteroatoms. The molecule has 13 heavy (non-hydrogen) atoms. The van der Waals surface area contributed by atoms with Gasteiger partial charge < -0.3 is 15.2 Å². The summed E-state index contributed by atoms with van der Waals surface area (Å²) >= 11 is 0. The number of aryl methyl sites for hydroxylation is 1. The van der Waals surface area contributed by atoms with E-state index in [1.54, 1.807) is 13.0 Å². The lowest BCUT2D eigenvalue weighted by molar-refractivity contribution is -0.286. The van der Waals surface area contributed by atoms with Gasteiger partial charge in [0.15, 0.2) is 11.5 Å². The van der Waals surface area contributed by atoms with E-state index in [4.69, 9.17) is 5.73 Å². The average molecular weight is 187 g/mol. The predicted molar refractivity (Wildman–Crippen MR) is 41.8 cm³/mol. The summed E-state index contributed by atoms with van der Waals surface area (Å²) in [5.41, 5.74) is 6.39. The number of nitrogens with two attached hydrogens (primary N) is 1. The molecule has 1 aliphatic heterocycles. The maximum absolute atomic E-state index is 12.5. The fraction of sp³-hybridized carbons (Fsp3) is 0.250. The van der Waals surface area contributed by atoms with Crippen molar-refractivity contribution >= 4 is 5.69 Å². The SMILES string of the molecule is Cc1ccc2c(c1N)OC(F)(F)O2. The second kappa shape index (κ2) is 2.25. The van der Waals surface area contributed by atoms with Crippen LogP contribution in [0.2, 0.25) is 0 Å². The number of rotatable bonds is 0. The van der Waals surface area contributed by atoms with Crippen molar-refractivity contribution in [3.63, 3.8) is 0 Å². The second-order valence-electron chi connectivity index (χ2n) is 2.79. The Morgan fingerprint density at radius 2 is 2.00 bits per heavy atom. The molecule has 1 aliphatic rings. The van der Waals surface area contributed by atoms with Gasteiger partial charge in [0.1, 0.15) is 0 Å².